The summed E-state index contributed by atoms with van der Waals surface area (Å²) >= 11 is 0. The van der Waals surface area contributed by atoms with Crippen LogP contribution in [0.15, 0.2) is 35.4 Å². The van der Waals surface area contributed by atoms with Crippen molar-refractivity contribution < 1.29 is 8.42 Å². The summed E-state index contributed by atoms with van der Waals surface area (Å²) in [7, 11) is -3.51. The molecular formula is C16H21N3O2S. The van der Waals surface area contributed by atoms with Crippen molar-refractivity contribution in [3.8, 4) is 0 Å². The highest BCUT2D eigenvalue weighted by molar-refractivity contribution is 7.89. The highest BCUT2D eigenvalue weighted by atomic mass is 32.2. The van der Waals surface area contributed by atoms with Gasteiger partial charge in [0, 0.05) is 24.2 Å². The van der Waals surface area contributed by atoms with Gasteiger partial charge in [-0.15, -0.1) is 0 Å². The first-order valence-electron chi connectivity index (χ1n) is 7.65. The van der Waals surface area contributed by atoms with Gasteiger partial charge in [-0.05, 0) is 56.5 Å². The van der Waals surface area contributed by atoms with Crippen LogP contribution in [0.5, 0.6) is 0 Å². The minimum atomic E-state index is -3.51. The van der Waals surface area contributed by atoms with E-state index in [2.05, 4.69) is 15.0 Å². The fourth-order valence-corrected chi connectivity index (χ4v) is 4.21. The van der Waals surface area contributed by atoms with Crippen molar-refractivity contribution in [2.45, 2.75) is 37.1 Å². The molecule has 1 aliphatic rings. The monoisotopic (exact) mass is 319 g/mol. The lowest BCUT2D eigenvalue weighted by atomic mass is 10.1. The number of nitrogens with one attached hydrogen (secondary N) is 2. The number of hydrogen-bond acceptors (Lipinski definition) is 4. The zero-order valence-electron chi connectivity index (χ0n) is 12.7. The van der Waals surface area contributed by atoms with E-state index < -0.39 is 10.0 Å². The van der Waals surface area contributed by atoms with Crippen LogP contribution >= 0.6 is 0 Å². The van der Waals surface area contributed by atoms with Gasteiger partial charge in [0.2, 0.25) is 10.0 Å². The van der Waals surface area contributed by atoms with E-state index in [4.69, 9.17) is 0 Å². The first-order valence-corrected chi connectivity index (χ1v) is 9.13. The van der Waals surface area contributed by atoms with E-state index in [-0.39, 0.29) is 0 Å². The first kappa shape index (κ1) is 15.4. The Balaban J connectivity index is 1.81. The number of aryl methyl sites for hydroxylation is 1. The molecule has 0 unspecified atom stereocenters. The molecule has 0 spiro atoms. The maximum atomic E-state index is 12.6. The quantitative estimate of drug-likeness (QED) is 0.884. The SMILES string of the molecule is Cc1ccc(S(=O)(=O)NCC[C@H]2CCCN2)c2cccnc12. The minimum absolute atomic E-state index is 0.306. The van der Waals surface area contributed by atoms with E-state index in [1.807, 2.05) is 19.1 Å². The molecule has 3 rings (SSSR count). The van der Waals surface area contributed by atoms with Gasteiger partial charge < -0.3 is 5.32 Å². The smallest absolute Gasteiger partial charge is 0.241 e. The molecule has 1 fully saturated rings. The van der Waals surface area contributed by atoms with Crippen molar-refractivity contribution in [2.24, 2.45) is 0 Å². The molecule has 1 saturated heterocycles. The molecule has 1 aliphatic heterocycles. The molecule has 1 aromatic heterocycles. The van der Waals surface area contributed by atoms with Crippen LogP contribution in [0.3, 0.4) is 0 Å². The van der Waals surface area contributed by atoms with Crippen molar-refractivity contribution in [3.05, 3.63) is 36.0 Å². The van der Waals surface area contributed by atoms with Gasteiger partial charge in [0.15, 0.2) is 0 Å². The van der Waals surface area contributed by atoms with Crippen molar-refractivity contribution in [3.63, 3.8) is 0 Å². The maximum absolute atomic E-state index is 12.6. The number of rotatable bonds is 5. The van der Waals surface area contributed by atoms with Crippen molar-refractivity contribution in [1.29, 1.82) is 0 Å². The van der Waals surface area contributed by atoms with Gasteiger partial charge >= 0.3 is 0 Å². The number of benzene rings is 1. The predicted molar refractivity (Wildman–Crippen MR) is 87.3 cm³/mol. The van der Waals surface area contributed by atoms with Crippen molar-refractivity contribution in [2.75, 3.05) is 13.1 Å². The molecule has 5 nitrogen and oxygen atoms in total. The average Bonchev–Trinajstić information content (AvgIpc) is 3.01. The lowest BCUT2D eigenvalue weighted by Crippen LogP contribution is -2.30. The normalized spacial score (nSPS) is 18.9. The number of sulfonamides is 1. The van der Waals surface area contributed by atoms with E-state index in [1.165, 1.54) is 6.42 Å². The predicted octanol–water partition coefficient (Wildman–Crippen LogP) is 1.96. The summed E-state index contributed by atoms with van der Waals surface area (Å²) in [4.78, 5) is 4.60. The van der Waals surface area contributed by atoms with Gasteiger partial charge in [0.1, 0.15) is 0 Å². The van der Waals surface area contributed by atoms with Gasteiger partial charge in [-0.3, -0.25) is 4.98 Å². The third-order valence-electron chi connectivity index (χ3n) is 4.17. The minimum Gasteiger partial charge on any atom is -0.314 e. The molecule has 1 aromatic carbocycles. The molecule has 0 aliphatic carbocycles. The van der Waals surface area contributed by atoms with Crippen LogP contribution in [-0.2, 0) is 10.0 Å². The Morgan fingerprint density at radius 3 is 3.00 bits per heavy atom. The fraction of sp³-hybridized carbons (Fsp3) is 0.438. The molecule has 0 radical (unpaired) electrons. The molecule has 0 amide bonds. The van der Waals surface area contributed by atoms with Crippen LogP contribution in [0.2, 0.25) is 0 Å². The lowest BCUT2D eigenvalue weighted by Gasteiger charge is -2.13. The highest BCUT2D eigenvalue weighted by Crippen LogP contribution is 2.24. The third kappa shape index (κ3) is 3.14. The fourth-order valence-electron chi connectivity index (χ4n) is 2.97. The summed E-state index contributed by atoms with van der Waals surface area (Å²) in [5, 5.41) is 4.05. The zero-order valence-corrected chi connectivity index (χ0v) is 13.5. The van der Waals surface area contributed by atoms with Gasteiger partial charge in [-0.1, -0.05) is 6.07 Å². The molecule has 2 N–H and O–H groups in total. The highest BCUT2D eigenvalue weighted by Gasteiger charge is 2.19. The standard InChI is InChI=1S/C16H21N3O2S/c1-12-6-7-15(14-5-3-10-18-16(12)14)22(20,21)19-11-8-13-4-2-9-17-13/h3,5-7,10,13,17,19H,2,4,8-9,11H2,1H3/t13-/m1/s1. The zero-order chi connectivity index (χ0) is 15.6. The van der Waals surface area contributed by atoms with E-state index in [0.717, 1.165) is 30.5 Å². The van der Waals surface area contributed by atoms with Gasteiger partial charge in [-0.25, -0.2) is 13.1 Å². The van der Waals surface area contributed by atoms with Crippen LogP contribution in [0, 0.1) is 6.92 Å². The topological polar surface area (TPSA) is 71.1 Å². The Morgan fingerprint density at radius 2 is 2.23 bits per heavy atom. The summed E-state index contributed by atoms with van der Waals surface area (Å²) in [5.74, 6) is 0. The van der Waals surface area contributed by atoms with Crippen LogP contribution in [-0.4, -0.2) is 32.5 Å². The molecule has 0 bridgehead atoms. The summed E-state index contributed by atoms with van der Waals surface area (Å²) in [6.07, 6.45) is 4.80. The van der Waals surface area contributed by atoms with Crippen LogP contribution < -0.4 is 10.0 Å². The Hall–Kier alpha value is -1.50. The average molecular weight is 319 g/mol. The van der Waals surface area contributed by atoms with Crippen LogP contribution in [0.25, 0.3) is 10.9 Å². The van der Waals surface area contributed by atoms with Gasteiger partial charge in [-0.2, -0.15) is 0 Å². The second kappa shape index (κ2) is 6.32. The Kier molecular flexibility index (Phi) is 4.42. The van der Waals surface area contributed by atoms with Crippen LogP contribution in [0.4, 0.5) is 0 Å². The molecular weight excluding hydrogens is 298 g/mol. The largest absolute Gasteiger partial charge is 0.314 e. The van der Waals surface area contributed by atoms with Gasteiger partial charge in [0.05, 0.1) is 10.4 Å². The summed E-state index contributed by atoms with van der Waals surface area (Å²) in [6.45, 7) is 3.42. The van der Waals surface area contributed by atoms with Crippen molar-refractivity contribution >= 4 is 20.9 Å². The van der Waals surface area contributed by atoms with E-state index in [9.17, 15) is 8.42 Å². The molecule has 2 heterocycles. The van der Waals surface area contributed by atoms with Crippen LogP contribution in [0.1, 0.15) is 24.8 Å². The second-order valence-corrected chi connectivity index (χ2v) is 7.50. The number of nitrogens with zero attached hydrogens (tertiary/aromatic N) is 1. The Morgan fingerprint density at radius 1 is 1.36 bits per heavy atom. The second-order valence-electron chi connectivity index (χ2n) is 5.76. The van der Waals surface area contributed by atoms with E-state index >= 15 is 0 Å². The molecule has 118 valence electrons. The van der Waals surface area contributed by atoms with E-state index in [0.29, 0.717) is 22.9 Å². The molecule has 2 aromatic rings. The number of fused-ring (bicyclic) bond motifs is 1. The van der Waals surface area contributed by atoms with Crippen molar-refractivity contribution in [1.82, 2.24) is 15.0 Å². The summed E-state index contributed by atoms with van der Waals surface area (Å²) < 4.78 is 27.9. The third-order valence-corrected chi connectivity index (χ3v) is 5.69. The first-order chi connectivity index (χ1) is 10.6. The molecule has 22 heavy (non-hydrogen) atoms. The Labute approximate surface area is 131 Å². The number of aromatic nitrogens is 1. The lowest BCUT2D eigenvalue weighted by molar-refractivity contribution is 0.540. The molecule has 1 atom stereocenters. The number of hydrogen-bond donors (Lipinski definition) is 2. The molecule has 0 saturated carbocycles. The summed E-state index contributed by atoms with van der Waals surface area (Å²) in [5.41, 5.74) is 1.72. The Bertz CT molecular complexity index is 768. The molecule has 6 heteroatoms. The van der Waals surface area contributed by atoms with E-state index in [1.54, 1.807) is 18.3 Å². The summed E-state index contributed by atoms with van der Waals surface area (Å²) in [6, 6.07) is 7.47. The maximum Gasteiger partial charge on any atom is 0.241 e. The van der Waals surface area contributed by atoms with Gasteiger partial charge in [0.25, 0.3) is 0 Å². The number of pyridine rings is 1.